The highest BCUT2D eigenvalue weighted by atomic mass is 16.5. The summed E-state index contributed by atoms with van der Waals surface area (Å²) in [5, 5.41) is 19.2. The van der Waals surface area contributed by atoms with Gasteiger partial charge in [0.2, 0.25) is 0 Å². The molecular weight excluding hydrogens is 624 g/mol. The number of fused-ring (bicyclic) bond motifs is 7. The van der Waals surface area contributed by atoms with Gasteiger partial charge in [0.05, 0.1) is 17.4 Å². The fourth-order valence-electron chi connectivity index (χ4n) is 13.1. The highest BCUT2D eigenvalue weighted by molar-refractivity contribution is 5.88. The zero-order valence-electron chi connectivity index (χ0n) is 31.8. The second kappa shape index (κ2) is 12.3. The topological polar surface area (TPSA) is 101 Å². The third-order valence-electron chi connectivity index (χ3n) is 16.0. The van der Waals surface area contributed by atoms with Gasteiger partial charge in [-0.25, -0.2) is 4.79 Å². The molecule has 5 saturated carbocycles. The van der Waals surface area contributed by atoms with Crippen molar-refractivity contribution >= 4 is 17.9 Å². The number of carboxylic acid groups (broad SMARTS) is 2. The minimum atomic E-state index is -1.15. The first-order valence-electron chi connectivity index (χ1n) is 19.2. The number of benzene rings is 1. The summed E-state index contributed by atoms with van der Waals surface area (Å²) < 4.78 is 6.17. The van der Waals surface area contributed by atoms with Crippen molar-refractivity contribution in [3.05, 3.63) is 47.5 Å². The van der Waals surface area contributed by atoms with Gasteiger partial charge in [-0.05, 0) is 149 Å². The first-order chi connectivity index (χ1) is 23.2. The molecular formula is C44H60O6. The Labute approximate surface area is 300 Å². The van der Waals surface area contributed by atoms with Crippen LogP contribution >= 0.6 is 0 Å². The largest absolute Gasteiger partial charge is 0.481 e. The Kier molecular flexibility index (Phi) is 9.01. The van der Waals surface area contributed by atoms with Crippen LogP contribution in [0.1, 0.15) is 142 Å². The molecule has 2 N–H and O–H groups in total. The zero-order valence-corrected chi connectivity index (χ0v) is 31.8. The van der Waals surface area contributed by atoms with Gasteiger partial charge in [-0.1, -0.05) is 64.7 Å². The Morgan fingerprint density at radius 3 is 2.28 bits per heavy atom. The summed E-state index contributed by atoms with van der Waals surface area (Å²) >= 11 is 0. The van der Waals surface area contributed by atoms with Crippen LogP contribution in [0.5, 0.6) is 0 Å². The van der Waals surface area contributed by atoms with E-state index in [1.807, 2.05) is 6.07 Å². The zero-order chi connectivity index (χ0) is 36.7. The van der Waals surface area contributed by atoms with Crippen LogP contribution in [0.4, 0.5) is 0 Å². The Balaban J connectivity index is 1.28. The van der Waals surface area contributed by atoms with E-state index in [4.69, 9.17) is 4.74 Å². The summed E-state index contributed by atoms with van der Waals surface area (Å²) in [4.78, 5) is 36.5. The summed E-state index contributed by atoms with van der Waals surface area (Å²) in [5.74, 6) is 7.44. The van der Waals surface area contributed by atoms with Crippen LogP contribution in [0.25, 0.3) is 0 Å². The predicted molar refractivity (Wildman–Crippen MR) is 195 cm³/mol. The Morgan fingerprint density at radius 2 is 1.62 bits per heavy atom. The van der Waals surface area contributed by atoms with Crippen molar-refractivity contribution in [2.45, 2.75) is 132 Å². The van der Waals surface area contributed by atoms with E-state index in [-0.39, 0.29) is 45.2 Å². The fraction of sp³-hybridized carbons (Fsp3) is 0.705. The molecule has 0 aromatic heterocycles. The SMILES string of the molecule is C=C(C)[C@@H]1CCC2(C#Cc3cccc(C(=O)O)c3)CC[C@]3(C)C(CCC4[C@@]5(C)CC[C@H](OC(=O)CC(C)(C)C(=O)O)C(C)(C)C5CC[C@]43C)C12. The summed E-state index contributed by atoms with van der Waals surface area (Å²) in [6.07, 6.45) is 10.6. The number of rotatable bonds is 6. The molecule has 5 fully saturated rings. The molecule has 0 aliphatic heterocycles. The molecule has 1 aromatic rings. The summed E-state index contributed by atoms with van der Waals surface area (Å²) in [6.45, 7) is 22.3. The number of aromatic carboxylic acids is 1. The predicted octanol–water partition coefficient (Wildman–Crippen LogP) is 9.81. The molecule has 1 aromatic carbocycles. The molecule has 10 atom stereocenters. The van der Waals surface area contributed by atoms with Crippen molar-refractivity contribution in [1.82, 2.24) is 0 Å². The highest BCUT2D eigenvalue weighted by Crippen LogP contribution is 2.77. The number of hydrogen-bond acceptors (Lipinski definition) is 4. The Morgan fingerprint density at radius 1 is 0.900 bits per heavy atom. The first-order valence-corrected chi connectivity index (χ1v) is 19.2. The summed E-state index contributed by atoms with van der Waals surface area (Å²) in [5.41, 5.74) is 1.35. The van der Waals surface area contributed by atoms with Gasteiger partial charge in [0, 0.05) is 16.4 Å². The van der Waals surface area contributed by atoms with Crippen molar-refractivity contribution in [1.29, 1.82) is 0 Å². The minimum absolute atomic E-state index is 0.0869. The second-order valence-electron chi connectivity index (χ2n) is 19.2. The van der Waals surface area contributed by atoms with Gasteiger partial charge in [-0.3, -0.25) is 9.59 Å². The lowest BCUT2D eigenvalue weighted by molar-refractivity contribution is -0.247. The fourth-order valence-corrected chi connectivity index (χ4v) is 13.1. The maximum atomic E-state index is 13.1. The lowest BCUT2D eigenvalue weighted by Crippen LogP contribution is -2.66. The van der Waals surface area contributed by atoms with Gasteiger partial charge in [0.25, 0.3) is 0 Å². The Bertz CT molecular complexity index is 1640. The second-order valence-corrected chi connectivity index (χ2v) is 19.2. The van der Waals surface area contributed by atoms with Crippen molar-refractivity contribution in [3.63, 3.8) is 0 Å². The molecule has 6 nitrogen and oxygen atoms in total. The normalized spacial score (nSPS) is 40.1. The van der Waals surface area contributed by atoms with Gasteiger partial charge in [0.15, 0.2) is 0 Å². The van der Waals surface area contributed by atoms with Gasteiger partial charge in [0.1, 0.15) is 6.10 Å². The molecule has 5 aliphatic rings. The number of carbonyl (C=O) groups is 3. The van der Waals surface area contributed by atoms with E-state index in [2.05, 4.69) is 60.0 Å². The lowest BCUT2D eigenvalue weighted by atomic mass is 9.32. The molecule has 0 saturated heterocycles. The number of carboxylic acids is 2. The highest BCUT2D eigenvalue weighted by Gasteiger charge is 2.71. The molecule has 0 spiro atoms. The molecule has 0 amide bonds. The van der Waals surface area contributed by atoms with E-state index in [1.165, 1.54) is 18.4 Å². The van der Waals surface area contributed by atoms with E-state index < -0.39 is 23.3 Å². The monoisotopic (exact) mass is 684 g/mol. The van der Waals surface area contributed by atoms with Crippen LogP contribution in [-0.2, 0) is 14.3 Å². The number of esters is 1. The van der Waals surface area contributed by atoms with Crippen LogP contribution in [0, 0.1) is 73.9 Å². The molecule has 5 unspecified atom stereocenters. The first kappa shape index (κ1) is 36.7. The summed E-state index contributed by atoms with van der Waals surface area (Å²) in [7, 11) is 0. The van der Waals surface area contributed by atoms with Crippen molar-refractivity contribution in [2.24, 2.45) is 62.1 Å². The smallest absolute Gasteiger partial charge is 0.335 e. The van der Waals surface area contributed by atoms with Gasteiger partial charge < -0.3 is 14.9 Å². The van der Waals surface area contributed by atoms with Crippen molar-refractivity contribution in [2.75, 3.05) is 0 Å². The lowest BCUT2D eigenvalue weighted by Gasteiger charge is -2.72. The average molecular weight is 685 g/mol. The van der Waals surface area contributed by atoms with E-state index in [1.54, 1.807) is 32.0 Å². The Hall–Kier alpha value is -3.07. The van der Waals surface area contributed by atoms with Gasteiger partial charge in [-0.15, -0.1) is 0 Å². The van der Waals surface area contributed by atoms with E-state index in [9.17, 15) is 24.6 Å². The number of carbonyl (C=O) groups excluding carboxylic acids is 1. The molecule has 272 valence electrons. The summed E-state index contributed by atoms with van der Waals surface area (Å²) in [6, 6.07) is 7.07. The van der Waals surface area contributed by atoms with Crippen LogP contribution in [-0.4, -0.2) is 34.2 Å². The van der Waals surface area contributed by atoms with Crippen LogP contribution < -0.4 is 0 Å². The standard InChI is InChI=1S/C44H60O6/c1-27(2)30-16-22-44(21-15-28-11-10-12-29(25-28)37(46)47)24-23-42(8)31(36(30)44)13-14-33-41(7)19-18-34(50-35(45)26-39(3,4)38(48)49)40(5,6)32(41)17-20-43(33,42)9/h10-12,25,30-34,36H,1,13-14,16-20,22-24,26H2,2-9H3,(H,46,47)(H,48,49)/t30-,31?,32?,33?,34-,36?,41-,42+,43+,44?/m0/s1. The van der Waals surface area contributed by atoms with Crippen molar-refractivity contribution in [3.8, 4) is 11.8 Å². The molecule has 5 aliphatic carbocycles. The molecule has 6 heteroatoms. The number of hydrogen-bond donors (Lipinski definition) is 2. The van der Waals surface area contributed by atoms with Gasteiger partial charge in [-0.2, -0.15) is 0 Å². The number of aliphatic carboxylic acids is 1. The van der Waals surface area contributed by atoms with E-state index in [0.29, 0.717) is 29.6 Å². The maximum absolute atomic E-state index is 13.1. The molecule has 0 bridgehead atoms. The van der Waals surface area contributed by atoms with Crippen LogP contribution in [0.3, 0.4) is 0 Å². The minimum Gasteiger partial charge on any atom is -0.481 e. The number of allylic oxidation sites excluding steroid dienone is 1. The van der Waals surface area contributed by atoms with E-state index >= 15 is 0 Å². The third kappa shape index (κ3) is 5.56. The van der Waals surface area contributed by atoms with E-state index in [0.717, 1.165) is 56.9 Å². The molecule has 0 radical (unpaired) electrons. The third-order valence-corrected chi connectivity index (χ3v) is 16.0. The molecule has 0 heterocycles. The van der Waals surface area contributed by atoms with Crippen LogP contribution in [0.15, 0.2) is 36.4 Å². The number of ether oxygens (including phenoxy) is 1. The van der Waals surface area contributed by atoms with Crippen molar-refractivity contribution < 1.29 is 29.3 Å². The average Bonchev–Trinajstić information content (AvgIpc) is 3.42. The maximum Gasteiger partial charge on any atom is 0.335 e. The van der Waals surface area contributed by atoms with Crippen LogP contribution in [0.2, 0.25) is 0 Å². The molecule has 6 rings (SSSR count). The molecule has 50 heavy (non-hydrogen) atoms. The quantitative estimate of drug-likeness (QED) is 0.176. The van der Waals surface area contributed by atoms with Gasteiger partial charge >= 0.3 is 17.9 Å².